The second kappa shape index (κ2) is 11.3. The molecule has 1 fully saturated rings. The van der Waals surface area contributed by atoms with Crippen LogP contribution in [0, 0.1) is 5.82 Å². The maximum Gasteiger partial charge on any atom is 0.513 e. The number of oxazole rings is 1. The SMILES string of the molecule is CCOc1cc(CN2CCC(Nc3nc4c(OC(=O)OC)cccc4o3)CC2)cc(OCC)c1F. The van der Waals surface area contributed by atoms with E-state index in [1.807, 2.05) is 13.8 Å². The molecule has 1 saturated heterocycles. The fraction of sp³-hybridized carbons (Fsp3) is 0.440. The highest BCUT2D eigenvalue weighted by molar-refractivity contribution is 5.83. The Kier molecular flexibility index (Phi) is 7.91. The number of piperidine rings is 1. The van der Waals surface area contributed by atoms with E-state index in [4.69, 9.17) is 18.6 Å². The number of carbonyl (C=O) groups excluding carboxylic acids is 1. The number of rotatable bonds is 9. The minimum absolute atomic E-state index is 0.176. The van der Waals surface area contributed by atoms with Crippen LogP contribution in [0.25, 0.3) is 11.1 Å². The van der Waals surface area contributed by atoms with Crippen LogP contribution in [0.2, 0.25) is 0 Å². The highest BCUT2D eigenvalue weighted by Crippen LogP contribution is 2.31. The van der Waals surface area contributed by atoms with E-state index in [-0.39, 0.29) is 23.3 Å². The van der Waals surface area contributed by atoms with Gasteiger partial charge in [-0.05, 0) is 56.5 Å². The third kappa shape index (κ3) is 5.94. The van der Waals surface area contributed by atoms with Gasteiger partial charge in [-0.1, -0.05) is 6.07 Å². The number of likely N-dealkylation sites (tertiary alicyclic amines) is 1. The van der Waals surface area contributed by atoms with Gasteiger partial charge in [0.05, 0.1) is 20.3 Å². The molecule has 0 amide bonds. The zero-order valence-electron chi connectivity index (χ0n) is 20.1. The minimum atomic E-state index is -0.815. The molecule has 1 aliphatic heterocycles. The van der Waals surface area contributed by atoms with E-state index in [9.17, 15) is 9.18 Å². The second-order valence-electron chi connectivity index (χ2n) is 8.14. The van der Waals surface area contributed by atoms with Crippen LogP contribution in [-0.4, -0.2) is 55.5 Å². The number of anilines is 1. The van der Waals surface area contributed by atoms with E-state index in [0.29, 0.717) is 36.9 Å². The molecule has 35 heavy (non-hydrogen) atoms. The monoisotopic (exact) mass is 487 g/mol. The smallest absolute Gasteiger partial charge is 0.491 e. The summed E-state index contributed by atoms with van der Waals surface area (Å²) < 4.78 is 41.0. The van der Waals surface area contributed by atoms with Gasteiger partial charge in [0.25, 0.3) is 6.01 Å². The fourth-order valence-electron chi connectivity index (χ4n) is 4.11. The van der Waals surface area contributed by atoms with Crippen LogP contribution in [-0.2, 0) is 11.3 Å². The Hall–Kier alpha value is -3.53. The summed E-state index contributed by atoms with van der Waals surface area (Å²) in [6.45, 7) is 6.79. The van der Waals surface area contributed by atoms with Gasteiger partial charge in [0.2, 0.25) is 5.82 Å². The summed E-state index contributed by atoms with van der Waals surface area (Å²) in [5.41, 5.74) is 1.91. The summed E-state index contributed by atoms with van der Waals surface area (Å²) in [6, 6.07) is 9.16. The van der Waals surface area contributed by atoms with Crippen molar-refractivity contribution >= 4 is 23.3 Å². The molecule has 10 heteroatoms. The Balaban J connectivity index is 1.37. The summed E-state index contributed by atoms with van der Waals surface area (Å²) in [7, 11) is 1.25. The first-order chi connectivity index (χ1) is 17.0. The third-order valence-corrected chi connectivity index (χ3v) is 5.73. The molecule has 1 aliphatic rings. The molecule has 0 unspecified atom stereocenters. The average Bonchev–Trinajstić information content (AvgIpc) is 3.27. The van der Waals surface area contributed by atoms with Gasteiger partial charge in [0.1, 0.15) is 0 Å². The molecule has 0 aliphatic carbocycles. The zero-order valence-corrected chi connectivity index (χ0v) is 20.1. The highest BCUT2D eigenvalue weighted by atomic mass is 19.1. The molecule has 0 spiro atoms. The lowest BCUT2D eigenvalue weighted by molar-refractivity contribution is 0.122. The van der Waals surface area contributed by atoms with Crippen LogP contribution in [0.5, 0.6) is 17.2 Å². The first-order valence-corrected chi connectivity index (χ1v) is 11.7. The van der Waals surface area contributed by atoms with Crippen LogP contribution in [0.15, 0.2) is 34.7 Å². The van der Waals surface area contributed by atoms with Crippen LogP contribution in [0.1, 0.15) is 32.3 Å². The van der Waals surface area contributed by atoms with E-state index in [2.05, 4.69) is 19.9 Å². The maximum absolute atomic E-state index is 14.5. The third-order valence-electron chi connectivity index (χ3n) is 5.73. The average molecular weight is 488 g/mol. The maximum atomic E-state index is 14.5. The van der Waals surface area contributed by atoms with E-state index < -0.39 is 12.0 Å². The molecule has 2 heterocycles. The van der Waals surface area contributed by atoms with E-state index >= 15 is 0 Å². The lowest BCUT2D eigenvalue weighted by Gasteiger charge is -2.32. The van der Waals surface area contributed by atoms with Crippen molar-refractivity contribution in [3.63, 3.8) is 0 Å². The molecule has 1 aromatic heterocycles. The van der Waals surface area contributed by atoms with Gasteiger partial charge in [-0.2, -0.15) is 9.37 Å². The van der Waals surface area contributed by atoms with E-state index in [0.717, 1.165) is 31.5 Å². The Morgan fingerprint density at radius 3 is 2.46 bits per heavy atom. The number of methoxy groups -OCH3 is 1. The van der Waals surface area contributed by atoms with Crippen LogP contribution in [0.4, 0.5) is 15.2 Å². The topological polar surface area (TPSA) is 95.3 Å². The Labute approximate surface area is 203 Å². The number of fused-ring (bicyclic) bond motifs is 1. The second-order valence-corrected chi connectivity index (χ2v) is 8.14. The predicted octanol–water partition coefficient (Wildman–Crippen LogP) is 4.99. The largest absolute Gasteiger partial charge is 0.513 e. The number of para-hydroxylation sites is 1. The summed E-state index contributed by atoms with van der Waals surface area (Å²) in [4.78, 5) is 18.2. The van der Waals surface area contributed by atoms with Crippen LogP contribution < -0.4 is 19.5 Å². The van der Waals surface area contributed by atoms with Gasteiger partial charge in [0, 0.05) is 25.7 Å². The number of carbonyl (C=O) groups is 1. The fourth-order valence-corrected chi connectivity index (χ4v) is 4.11. The number of nitrogens with one attached hydrogen (secondary N) is 1. The van der Waals surface area contributed by atoms with Crippen molar-refractivity contribution in [1.29, 1.82) is 0 Å². The normalized spacial score (nSPS) is 14.6. The van der Waals surface area contributed by atoms with Crippen molar-refractivity contribution in [1.82, 2.24) is 9.88 Å². The summed E-state index contributed by atoms with van der Waals surface area (Å²) in [5.74, 6) is 0.255. The minimum Gasteiger partial charge on any atom is -0.491 e. The molecular weight excluding hydrogens is 457 g/mol. The van der Waals surface area contributed by atoms with Gasteiger partial charge in [0.15, 0.2) is 28.3 Å². The first kappa shape index (κ1) is 24.6. The van der Waals surface area contributed by atoms with Crippen molar-refractivity contribution in [3.05, 3.63) is 41.7 Å². The molecule has 0 saturated carbocycles. The lowest BCUT2D eigenvalue weighted by Crippen LogP contribution is -2.38. The number of halogens is 1. The molecule has 2 aromatic carbocycles. The molecule has 3 aromatic rings. The van der Waals surface area contributed by atoms with Gasteiger partial charge in [-0.3, -0.25) is 4.90 Å². The van der Waals surface area contributed by atoms with E-state index in [1.54, 1.807) is 30.3 Å². The number of ether oxygens (including phenoxy) is 4. The van der Waals surface area contributed by atoms with Gasteiger partial charge < -0.3 is 28.7 Å². The van der Waals surface area contributed by atoms with Gasteiger partial charge in [-0.15, -0.1) is 0 Å². The van der Waals surface area contributed by atoms with Crippen molar-refractivity contribution in [2.75, 3.05) is 38.7 Å². The predicted molar refractivity (Wildman–Crippen MR) is 128 cm³/mol. The molecule has 4 rings (SSSR count). The lowest BCUT2D eigenvalue weighted by atomic mass is 10.0. The Bertz CT molecular complexity index is 1130. The molecule has 9 nitrogen and oxygen atoms in total. The molecular formula is C25H30FN3O6. The number of hydrogen-bond donors (Lipinski definition) is 1. The number of aromatic nitrogens is 1. The highest BCUT2D eigenvalue weighted by Gasteiger charge is 2.23. The molecule has 0 bridgehead atoms. The summed E-state index contributed by atoms with van der Waals surface area (Å²) in [5, 5.41) is 3.34. The summed E-state index contributed by atoms with van der Waals surface area (Å²) >= 11 is 0. The molecule has 0 atom stereocenters. The van der Waals surface area contributed by atoms with Crippen molar-refractivity contribution in [2.24, 2.45) is 0 Å². The zero-order chi connectivity index (χ0) is 24.8. The van der Waals surface area contributed by atoms with Gasteiger partial charge in [-0.25, -0.2) is 4.79 Å². The van der Waals surface area contributed by atoms with Crippen molar-refractivity contribution in [3.8, 4) is 17.2 Å². The van der Waals surface area contributed by atoms with Crippen LogP contribution >= 0.6 is 0 Å². The van der Waals surface area contributed by atoms with Crippen LogP contribution in [0.3, 0.4) is 0 Å². The quantitative estimate of drug-likeness (QED) is 0.331. The standard InChI is InChI=1S/C25H30FN3O6/c1-4-32-20-13-16(14-21(22(20)26)33-5-2)15-29-11-9-17(10-12-29)27-24-28-23-18(34-24)7-6-8-19(23)35-25(30)31-3/h6-8,13-14,17H,4-5,9-12,15H2,1-3H3,(H,27,28). The van der Waals surface area contributed by atoms with Crippen molar-refractivity contribution < 1.29 is 32.5 Å². The number of benzene rings is 2. The first-order valence-electron chi connectivity index (χ1n) is 11.7. The Morgan fingerprint density at radius 1 is 1.14 bits per heavy atom. The molecule has 188 valence electrons. The van der Waals surface area contributed by atoms with Crippen molar-refractivity contribution in [2.45, 2.75) is 39.3 Å². The molecule has 1 N–H and O–H groups in total. The number of hydrogen-bond acceptors (Lipinski definition) is 9. The Morgan fingerprint density at radius 2 is 1.83 bits per heavy atom. The van der Waals surface area contributed by atoms with E-state index in [1.165, 1.54) is 7.11 Å². The molecule has 0 radical (unpaired) electrons. The van der Waals surface area contributed by atoms with Gasteiger partial charge >= 0.3 is 6.16 Å². The summed E-state index contributed by atoms with van der Waals surface area (Å²) in [6.07, 6.45) is 0.940. The number of nitrogens with zero attached hydrogens (tertiary/aromatic N) is 2.